The molecule has 8 heteroatoms. The van der Waals surface area contributed by atoms with Crippen molar-refractivity contribution in [3.05, 3.63) is 68.1 Å². The number of pyridine rings is 1. The van der Waals surface area contributed by atoms with Gasteiger partial charge in [-0.1, -0.05) is 35.3 Å². The molecule has 0 bridgehead atoms. The van der Waals surface area contributed by atoms with Gasteiger partial charge in [-0.25, -0.2) is 0 Å². The maximum Gasteiger partial charge on any atom is 0.267 e. The van der Waals surface area contributed by atoms with Crippen LogP contribution in [0.25, 0.3) is 5.57 Å². The normalized spacial score (nSPS) is 16.7. The third-order valence-corrected chi connectivity index (χ3v) is 5.19. The number of H-pyrrole nitrogens is 1. The Morgan fingerprint density at radius 1 is 1.17 bits per heavy atom. The molecule has 3 N–H and O–H groups in total. The van der Waals surface area contributed by atoms with Crippen molar-refractivity contribution >= 4 is 34.7 Å². The topological polar surface area (TPSA) is 91.4 Å². The molecule has 0 radical (unpaired) electrons. The molecular weight excluding hydrogens is 415 g/mol. The number of benzene rings is 1. The molecule has 0 unspecified atom stereocenters. The lowest BCUT2D eigenvalue weighted by Gasteiger charge is -2.14. The molecule has 2 aromatic rings. The standard InChI is InChI=1S/C21H22Cl2N2O4/c22-16-5-6-18(25-21(16)28)15(12-14-4-8-20(27)24-14)13-3-7-19(17(23)11-13)29-10-2-1-9-26/h3,5-7,11-12,14,26H,1-2,4,8-10H2,(H,24,27)(H,25,28)/b15-12-/t14-/m1/s1. The van der Waals surface area contributed by atoms with E-state index in [1.165, 1.54) is 6.07 Å². The molecule has 3 rings (SSSR count). The highest BCUT2D eigenvalue weighted by molar-refractivity contribution is 6.32. The number of aliphatic hydroxyl groups excluding tert-OH is 1. The van der Waals surface area contributed by atoms with Gasteiger partial charge in [0.15, 0.2) is 0 Å². The number of unbranched alkanes of at least 4 members (excludes halogenated alkanes) is 1. The summed E-state index contributed by atoms with van der Waals surface area (Å²) >= 11 is 12.3. The van der Waals surface area contributed by atoms with Crippen LogP contribution in [0.2, 0.25) is 10.0 Å². The number of aromatic nitrogens is 1. The van der Waals surface area contributed by atoms with Crippen LogP contribution in [-0.2, 0) is 4.79 Å². The van der Waals surface area contributed by atoms with E-state index in [9.17, 15) is 9.59 Å². The zero-order valence-electron chi connectivity index (χ0n) is 15.7. The Hall–Kier alpha value is -2.28. The summed E-state index contributed by atoms with van der Waals surface area (Å²) in [5, 5.41) is 12.3. The van der Waals surface area contributed by atoms with E-state index in [-0.39, 0.29) is 29.1 Å². The number of halogens is 2. The van der Waals surface area contributed by atoms with Gasteiger partial charge in [-0.05, 0) is 49.1 Å². The first-order chi connectivity index (χ1) is 14.0. The van der Waals surface area contributed by atoms with E-state index in [1.807, 2.05) is 12.1 Å². The number of carbonyl (C=O) groups is 1. The Bertz CT molecular complexity index is 971. The summed E-state index contributed by atoms with van der Waals surface area (Å²) in [7, 11) is 0. The van der Waals surface area contributed by atoms with Gasteiger partial charge in [0.25, 0.3) is 5.56 Å². The minimum absolute atomic E-state index is 0.000130. The number of amides is 1. The van der Waals surface area contributed by atoms with E-state index in [0.717, 1.165) is 17.6 Å². The molecule has 1 aliphatic heterocycles. The van der Waals surface area contributed by atoms with E-state index in [1.54, 1.807) is 18.2 Å². The maximum atomic E-state index is 12.0. The molecule has 1 amide bonds. The van der Waals surface area contributed by atoms with E-state index < -0.39 is 0 Å². The fraction of sp³-hybridized carbons (Fsp3) is 0.333. The van der Waals surface area contributed by atoms with Gasteiger partial charge in [0.05, 0.1) is 11.6 Å². The van der Waals surface area contributed by atoms with Crippen LogP contribution in [0.4, 0.5) is 0 Å². The molecule has 1 aromatic carbocycles. The van der Waals surface area contributed by atoms with Crippen LogP contribution in [-0.4, -0.2) is 35.3 Å². The van der Waals surface area contributed by atoms with Crippen LogP contribution in [0.15, 0.2) is 41.2 Å². The first-order valence-corrected chi connectivity index (χ1v) is 10.2. The predicted molar refractivity (Wildman–Crippen MR) is 114 cm³/mol. The largest absolute Gasteiger partial charge is 0.492 e. The Morgan fingerprint density at radius 2 is 2.00 bits per heavy atom. The maximum absolute atomic E-state index is 12.0. The van der Waals surface area contributed by atoms with Crippen LogP contribution in [0.5, 0.6) is 5.75 Å². The van der Waals surface area contributed by atoms with E-state index in [0.29, 0.717) is 42.3 Å². The van der Waals surface area contributed by atoms with Crippen molar-refractivity contribution in [3.8, 4) is 5.75 Å². The Morgan fingerprint density at radius 3 is 2.66 bits per heavy atom. The Balaban J connectivity index is 1.92. The molecule has 1 aromatic heterocycles. The summed E-state index contributed by atoms with van der Waals surface area (Å²) in [6.07, 6.45) is 4.46. The average molecular weight is 437 g/mol. The summed E-state index contributed by atoms with van der Waals surface area (Å²) in [6.45, 7) is 0.585. The molecule has 1 aliphatic rings. The second-order valence-corrected chi connectivity index (χ2v) is 7.58. The smallest absolute Gasteiger partial charge is 0.267 e. The molecule has 0 aliphatic carbocycles. The fourth-order valence-electron chi connectivity index (χ4n) is 3.10. The van der Waals surface area contributed by atoms with Gasteiger partial charge in [-0.3, -0.25) is 9.59 Å². The molecule has 0 saturated carbocycles. The van der Waals surface area contributed by atoms with Crippen molar-refractivity contribution in [1.29, 1.82) is 0 Å². The van der Waals surface area contributed by atoms with Gasteiger partial charge in [0, 0.05) is 30.3 Å². The number of aliphatic hydroxyl groups is 1. The zero-order valence-corrected chi connectivity index (χ0v) is 17.2. The van der Waals surface area contributed by atoms with Gasteiger partial charge < -0.3 is 20.1 Å². The number of carbonyl (C=O) groups excluding carboxylic acids is 1. The van der Waals surface area contributed by atoms with Crippen LogP contribution in [0.3, 0.4) is 0 Å². The summed E-state index contributed by atoms with van der Waals surface area (Å²) in [6, 6.07) is 8.51. The number of ether oxygens (including phenoxy) is 1. The lowest BCUT2D eigenvalue weighted by molar-refractivity contribution is -0.119. The number of nitrogens with one attached hydrogen (secondary N) is 2. The minimum atomic E-state index is -0.388. The average Bonchev–Trinajstić information content (AvgIpc) is 3.11. The van der Waals surface area contributed by atoms with Crippen LogP contribution in [0, 0.1) is 0 Å². The van der Waals surface area contributed by atoms with Crippen LogP contribution >= 0.6 is 23.2 Å². The highest BCUT2D eigenvalue weighted by Gasteiger charge is 2.21. The van der Waals surface area contributed by atoms with Crippen molar-refractivity contribution in [1.82, 2.24) is 10.3 Å². The summed E-state index contributed by atoms with van der Waals surface area (Å²) in [5.41, 5.74) is 1.70. The molecule has 0 spiro atoms. The molecule has 1 atom stereocenters. The first-order valence-electron chi connectivity index (χ1n) is 9.42. The van der Waals surface area contributed by atoms with E-state index >= 15 is 0 Å². The quantitative estimate of drug-likeness (QED) is 0.551. The second-order valence-electron chi connectivity index (χ2n) is 6.77. The van der Waals surface area contributed by atoms with Crippen LogP contribution in [0.1, 0.15) is 36.9 Å². The number of hydrogen-bond acceptors (Lipinski definition) is 4. The van der Waals surface area contributed by atoms with Crippen molar-refractivity contribution < 1.29 is 14.6 Å². The first kappa shape index (κ1) is 21.4. The van der Waals surface area contributed by atoms with Crippen molar-refractivity contribution in [3.63, 3.8) is 0 Å². The van der Waals surface area contributed by atoms with Gasteiger partial charge in [0.2, 0.25) is 5.91 Å². The van der Waals surface area contributed by atoms with Gasteiger partial charge >= 0.3 is 0 Å². The third kappa shape index (κ3) is 5.63. The molecular formula is C21H22Cl2N2O4. The highest BCUT2D eigenvalue weighted by Crippen LogP contribution is 2.31. The van der Waals surface area contributed by atoms with E-state index in [2.05, 4.69) is 10.3 Å². The number of rotatable bonds is 8. The van der Waals surface area contributed by atoms with Gasteiger partial charge in [0.1, 0.15) is 10.8 Å². The number of hydrogen-bond donors (Lipinski definition) is 3. The fourth-order valence-corrected chi connectivity index (χ4v) is 3.45. The van der Waals surface area contributed by atoms with Gasteiger partial charge in [-0.15, -0.1) is 0 Å². The second kappa shape index (κ2) is 9.96. The van der Waals surface area contributed by atoms with Crippen molar-refractivity contribution in [2.75, 3.05) is 13.2 Å². The summed E-state index contributed by atoms with van der Waals surface area (Å²) in [5.74, 6) is 0.548. The molecule has 29 heavy (non-hydrogen) atoms. The molecule has 1 fully saturated rings. The van der Waals surface area contributed by atoms with E-state index in [4.69, 9.17) is 33.0 Å². The molecule has 2 heterocycles. The molecule has 1 saturated heterocycles. The summed E-state index contributed by atoms with van der Waals surface area (Å²) < 4.78 is 5.67. The summed E-state index contributed by atoms with van der Waals surface area (Å²) in [4.78, 5) is 26.4. The van der Waals surface area contributed by atoms with Crippen LogP contribution < -0.4 is 15.6 Å². The molecule has 154 valence electrons. The van der Waals surface area contributed by atoms with Gasteiger partial charge in [-0.2, -0.15) is 0 Å². The molecule has 6 nitrogen and oxygen atoms in total. The Labute approximate surface area is 178 Å². The SMILES string of the molecule is O=C1CC[C@H](/C=C(/c2ccc(OCCCCO)c(Cl)c2)c2ccc(Cl)c(=O)[nH]2)N1. The monoisotopic (exact) mass is 436 g/mol. The third-order valence-electron chi connectivity index (χ3n) is 4.60. The Kier molecular flexibility index (Phi) is 7.36. The lowest BCUT2D eigenvalue weighted by atomic mass is 9.99. The zero-order chi connectivity index (χ0) is 20.8. The predicted octanol–water partition coefficient (Wildman–Crippen LogP) is 3.54. The van der Waals surface area contributed by atoms with Crippen molar-refractivity contribution in [2.45, 2.75) is 31.7 Å². The number of aromatic amines is 1. The lowest BCUT2D eigenvalue weighted by Crippen LogP contribution is -2.23. The van der Waals surface area contributed by atoms with Crippen molar-refractivity contribution in [2.24, 2.45) is 0 Å². The minimum Gasteiger partial charge on any atom is -0.492 e. The highest BCUT2D eigenvalue weighted by atomic mass is 35.5.